The molecule has 3 N–H and O–H groups in total. The Morgan fingerprint density at radius 1 is 1.04 bits per heavy atom. The van der Waals surface area contributed by atoms with Crippen LogP contribution in [0.25, 0.3) is 10.8 Å². The van der Waals surface area contributed by atoms with Gasteiger partial charge in [0.2, 0.25) is 0 Å². The summed E-state index contributed by atoms with van der Waals surface area (Å²) in [5.41, 5.74) is 8.34. The van der Waals surface area contributed by atoms with Crippen LogP contribution in [-0.2, 0) is 12.2 Å². The second kappa shape index (κ2) is 11.8. The average Bonchev–Trinajstić information content (AvgIpc) is 2.69. The molecule has 0 saturated carbocycles. The van der Waals surface area contributed by atoms with Crippen molar-refractivity contribution in [2.24, 2.45) is 10.7 Å². The normalized spacial score (nSPS) is 11.2. The fraction of sp³-hybridized carbons (Fsp3) is 0.238. The summed E-state index contributed by atoms with van der Waals surface area (Å²) in [6.45, 7) is 1.47. The summed E-state index contributed by atoms with van der Waals surface area (Å²) in [5.74, 6) is 2.45. The molecule has 0 unspecified atom stereocenters. The fourth-order valence-corrected chi connectivity index (χ4v) is 3.59. The first-order valence-corrected chi connectivity index (χ1v) is 9.96. The molecular weight excluding hydrogens is 467 g/mol. The molecule has 0 radical (unpaired) electrons. The number of nitrogens with two attached hydrogens (primary N) is 1. The highest BCUT2D eigenvalue weighted by molar-refractivity contribution is 14.0. The molecule has 1 heterocycles. The van der Waals surface area contributed by atoms with Gasteiger partial charge < -0.3 is 11.1 Å². The van der Waals surface area contributed by atoms with Crippen molar-refractivity contribution in [1.29, 1.82) is 0 Å². The molecule has 2 aromatic carbocycles. The maximum Gasteiger partial charge on any atom is 0.188 e. The van der Waals surface area contributed by atoms with Crippen molar-refractivity contribution in [2.45, 2.75) is 12.2 Å². The fourth-order valence-electron chi connectivity index (χ4n) is 2.75. The summed E-state index contributed by atoms with van der Waals surface area (Å²) >= 11 is 1.88. The molecule has 142 valence electrons. The lowest BCUT2D eigenvalue weighted by Gasteiger charge is -2.07. The molecule has 27 heavy (non-hydrogen) atoms. The molecule has 0 spiro atoms. The van der Waals surface area contributed by atoms with E-state index in [0.29, 0.717) is 5.96 Å². The summed E-state index contributed by atoms with van der Waals surface area (Å²) < 4.78 is 0. The van der Waals surface area contributed by atoms with E-state index in [0.717, 1.165) is 36.7 Å². The molecule has 0 fully saturated rings. The van der Waals surface area contributed by atoms with Gasteiger partial charge in [-0.3, -0.25) is 9.98 Å². The maximum absolute atomic E-state index is 5.91. The van der Waals surface area contributed by atoms with Gasteiger partial charge in [-0.15, -0.1) is 24.0 Å². The number of fused-ring (bicyclic) bond motifs is 1. The van der Waals surface area contributed by atoms with Crippen molar-refractivity contribution in [2.75, 3.05) is 18.8 Å². The van der Waals surface area contributed by atoms with E-state index in [-0.39, 0.29) is 24.0 Å². The Morgan fingerprint density at radius 2 is 1.85 bits per heavy atom. The van der Waals surface area contributed by atoms with Gasteiger partial charge in [-0.25, -0.2) is 0 Å². The standard InChI is InChI=1S/C21H24N4S.HI/c22-21(24-13-11-19-9-3-4-12-23-19)25-14-15-26-16-18-8-5-7-17-6-1-2-10-20(17)18;/h1-10,12H,11,13-16H2,(H3,22,24,25);1H. The number of nitrogens with one attached hydrogen (secondary N) is 1. The third kappa shape index (κ3) is 7.03. The minimum absolute atomic E-state index is 0. The van der Waals surface area contributed by atoms with Crippen molar-refractivity contribution in [3.05, 3.63) is 78.1 Å². The zero-order chi connectivity index (χ0) is 18.0. The van der Waals surface area contributed by atoms with E-state index in [1.54, 1.807) is 6.20 Å². The molecule has 4 nitrogen and oxygen atoms in total. The van der Waals surface area contributed by atoms with Gasteiger partial charge in [0.1, 0.15) is 0 Å². The molecule has 3 rings (SSSR count). The Kier molecular flexibility index (Phi) is 9.41. The number of nitrogens with zero attached hydrogens (tertiary/aromatic N) is 2. The lowest BCUT2D eigenvalue weighted by atomic mass is 10.1. The third-order valence-electron chi connectivity index (χ3n) is 4.07. The SMILES string of the molecule is I.NC(=NCCSCc1cccc2ccccc12)NCCc1ccccn1. The topological polar surface area (TPSA) is 63.3 Å². The summed E-state index contributed by atoms with van der Waals surface area (Å²) in [6.07, 6.45) is 2.65. The van der Waals surface area contributed by atoms with Crippen LogP contribution in [-0.4, -0.2) is 29.8 Å². The monoisotopic (exact) mass is 492 g/mol. The van der Waals surface area contributed by atoms with Crippen LogP contribution >= 0.6 is 35.7 Å². The smallest absolute Gasteiger partial charge is 0.188 e. The Labute approximate surface area is 182 Å². The van der Waals surface area contributed by atoms with Crippen LogP contribution < -0.4 is 11.1 Å². The average molecular weight is 492 g/mol. The van der Waals surface area contributed by atoms with Crippen molar-refractivity contribution < 1.29 is 0 Å². The van der Waals surface area contributed by atoms with Gasteiger partial charge in [0.25, 0.3) is 0 Å². The largest absolute Gasteiger partial charge is 0.370 e. The number of aliphatic imine (C=N–C) groups is 1. The first kappa shape index (κ1) is 21.5. The second-order valence-electron chi connectivity index (χ2n) is 5.96. The van der Waals surface area contributed by atoms with Crippen LogP contribution in [0.1, 0.15) is 11.3 Å². The Bertz CT molecular complexity index is 850. The second-order valence-corrected chi connectivity index (χ2v) is 7.06. The van der Waals surface area contributed by atoms with Gasteiger partial charge in [-0.2, -0.15) is 11.8 Å². The molecule has 0 aliphatic heterocycles. The van der Waals surface area contributed by atoms with Crippen LogP contribution in [0, 0.1) is 0 Å². The van der Waals surface area contributed by atoms with Crippen molar-refractivity contribution >= 4 is 52.5 Å². The van der Waals surface area contributed by atoms with Crippen molar-refractivity contribution in [1.82, 2.24) is 10.3 Å². The maximum atomic E-state index is 5.91. The predicted molar refractivity (Wildman–Crippen MR) is 128 cm³/mol. The van der Waals surface area contributed by atoms with Crippen LogP contribution in [0.4, 0.5) is 0 Å². The van der Waals surface area contributed by atoms with Gasteiger partial charge >= 0.3 is 0 Å². The van der Waals surface area contributed by atoms with Gasteiger partial charge in [0.15, 0.2) is 5.96 Å². The number of pyridine rings is 1. The van der Waals surface area contributed by atoms with Crippen molar-refractivity contribution in [3.8, 4) is 0 Å². The van der Waals surface area contributed by atoms with E-state index >= 15 is 0 Å². The molecule has 3 aromatic rings. The van der Waals surface area contributed by atoms with Crippen LogP contribution in [0.3, 0.4) is 0 Å². The van der Waals surface area contributed by atoms with E-state index in [9.17, 15) is 0 Å². The first-order valence-electron chi connectivity index (χ1n) is 8.81. The van der Waals surface area contributed by atoms with E-state index < -0.39 is 0 Å². The summed E-state index contributed by atoms with van der Waals surface area (Å²) in [4.78, 5) is 8.68. The van der Waals surface area contributed by atoms with Gasteiger partial charge in [-0.05, 0) is 28.5 Å². The first-order chi connectivity index (χ1) is 12.8. The van der Waals surface area contributed by atoms with Crippen LogP contribution in [0.5, 0.6) is 0 Å². The lowest BCUT2D eigenvalue weighted by molar-refractivity contribution is 0.830. The van der Waals surface area contributed by atoms with E-state index in [1.165, 1.54) is 16.3 Å². The Morgan fingerprint density at radius 3 is 2.70 bits per heavy atom. The van der Waals surface area contributed by atoms with E-state index in [2.05, 4.69) is 57.8 Å². The molecule has 0 saturated heterocycles. The molecule has 1 aromatic heterocycles. The van der Waals surface area contributed by atoms with E-state index in [1.807, 2.05) is 30.0 Å². The Balaban J connectivity index is 0.00000261. The number of aromatic nitrogens is 1. The zero-order valence-corrected chi connectivity index (χ0v) is 18.3. The predicted octanol–water partition coefficient (Wildman–Crippen LogP) is 4.23. The number of thioether (sulfide) groups is 1. The summed E-state index contributed by atoms with van der Waals surface area (Å²) in [7, 11) is 0. The quantitative estimate of drug-likeness (QED) is 0.214. The van der Waals surface area contributed by atoms with Gasteiger partial charge in [0.05, 0.1) is 6.54 Å². The minimum atomic E-state index is 0. The highest BCUT2D eigenvalue weighted by Gasteiger charge is 2.00. The van der Waals surface area contributed by atoms with Crippen LogP contribution in [0.2, 0.25) is 0 Å². The van der Waals surface area contributed by atoms with Crippen molar-refractivity contribution in [3.63, 3.8) is 0 Å². The number of rotatable bonds is 8. The number of halogens is 1. The minimum Gasteiger partial charge on any atom is -0.370 e. The molecule has 0 aliphatic carbocycles. The van der Waals surface area contributed by atoms with Crippen LogP contribution in [0.15, 0.2) is 71.9 Å². The molecule has 6 heteroatoms. The van der Waals surface area contributed by atoms with Gasteiger partial charge in [0, 0.05) is 36.4 Å². The molecular formula is C21H25IN4S. The number of guanidine groups is 1. The molecule has 0 bridgehead atoms. The third-order valence-corrected chi connectivity index (χ3v) is 5.06. The Hall–Kier alpha value is -1.80. The lowest BCUT2D eigenvalue weighted by Crippen LogP contribution is -2.33. The number of benzene rings is 2. The zero-order valence-electron chi connectivity index (χ0n) is 15.2. The highest BCUT2D eigenvalue weighted by Crippen LogP contribution is 2.22. The van der Waals surface area contributed by atoms with Gasteiger partial charge in [-0.1, -0.05) is 48.5 Å². The number of hydrogen-bond acceptors (Lipinski definition) is 3. The molecule has 0 amide bonds. The summed E-state index contributed by atoms with van der Waals surface area (Å²) in [5, 5.41) is 5.77. The highest BCUT2D eigenvalue weighted by atomic mass is 127. The molecule has 0 aliphatic rings. The number of hydrogen-bond donors (Lipinski definition) is 2. The molecule has 0 atom stereocenters. The van der Waals surface area contributed by atoms with E-state index in [4.69, 9.17) is 5.73 Å². The summed E-state index contributed by atoms with van der Waals surface area (Å²) in [6, 6.07) is 20.9.